The molecular weight excluding hydrogens is 458 g/mol. The predicted octanol–water partition coefficient (Wildman–Crippen LogP) is 4.07. The van der Waals surface area contributed by atoms with E-state index in [4.69, 9.17) is 9.72 Å². The van der Waals surface area contributed by atoms with E-state index >= 15 is 0 Å². The summed E-state index contributed by atoms with van der Waals surface area (Å²) in [4.78, 5) is 21.8. The van der Waals surface area contributed by atoms with Gasteiger partial charge in [-0.25, -0.2) is 13.4 Å². The number of aromatic nitrogens is 1. The molecule has 0 atom stereocenters. The van der Waals surface area contributed by atoms with Gasteiger partial charge in [0.1, 0.15) is 5.75 Å². The second-order valence-corrected chi connectivity index (χ2v) is 11.5. The Kier molecular flexibility index (Phi) is 8.10. The number of thiazole rings is 1. The van der Waals surface area contributed by atoms with Crippen LogP contribution in [0.4, 0.5) is 5.13 Å². The van der Waals surface area contributed by atoms with Gasteiger partial charge in [0.15, 0.2) is 15.0 Å². The second-order valence-electron chi connectivity index (χ2n) is 8.35. The first-order valence-corrected chi connectivity index (χ1v) is 13.3. The fraction of sp³-hybridized carbons (Fsp3) is 0.417. The van der Waals surface area contributed by atoms with Crippen LogP contribution in [0.1, 0.15) is 24.0 Å². The number of fused-ring (bicyclic) bond motifs is 1. The molecule has 178 valence electrons. The summed E-state index contributed by atoms with van der Waals surface area (Å²) in [5.41, 5.74) is 3.23. The predicted molar refractivity (Wildman–Crippen MR) is 134 cm³/mol. The van der Waals surface area contributed by atoms with E-state index in [1.165, 1.54) is 36.1 Å². The Balaban J connectivity index is 1.72. The number of likely N-dealkylation sites (N-methyl/N-ethyl adjacent to an activating group) is 1. The number of methoxy groups -OCH3 is 1. The zero-order valence-corrected chi connectivity index (χ0v) is 21.4. The minimum Gasteiger partial charge on any atom is -0.497 e. The Labute approximate surface area is 199 Å². The molecule has 0 unspecified atom stereocenters. The number of benzene rings is 2. The van der Waals surface area contributed by atoms with Crippen LogP contribution in [0.15, 0.2) is 41.3 Å². The minimum absolute atomic E-state index is 0.0924. The summed E-state index contributed by atoms with van der Waals surface area (Å²) in [6, 6.07) is 10.5. The SMILES string of the molecule is COc1ccc(S(=O)(=O)CCCC(=O)N(CCN(C)C)c2nc3cc(C)c(C)cc3s2)cc1. The zero-order valence-electron chi connectivity index (χ0n) is 19.8. The van der Waals surface area contributed by atoms with Gasteiger partial charge >= 0.3 is 0 Å². The summed E-state index contributed by atoms with van der Waals surface area (Å²) in [7, 11) is 1.97. The normalized spacial score (nSPS) is 11.8. The Bertz CT molecular complexity index is 1180. The zero-order chi connectivity index (χ0) is 24.2. The average molecular weight is 490 g/mol. The Morgan fingerprint density at radius 1 is 1.06 bits per heavy atom. The number of anilines is 1. The number of rotatable bonds is 10. The van der Waals surface area contributed by atoms with Gasteiger partial charge in [-0.2, -0.15) is 0 Å². The molecule has 9 heteroatoms. The first kappa shape index (κ1) is 25.1. The molecule has 7 nitrogen and oxygen atoms in total. The molecule has 0 aliphatic heterocycles. The minimum atomic E-state index is -3.47. The number of ether oxygens (including phenoxy) is 1. The summed E-state index contributed by atoms with van der Waals surface area (Å²) in [5, 5.41) is 0.653. The number of carbonyl (C=O) groups is 1. The molecule has 1 aromatic heterocycles. The van der Waals surface area contributed by atoms with Gasteiger partial charge in [-0.05, 0) is 81.9 Å². The van der Waals surface area contributed by atoms with E-state index < -0.39 is 9.84 Å². The van der Waals surface area contributed by atoms with Crippen molar-refractivity contribution < 1.29 is 17.9 Å². The highest BCUT2D eigenvalue weighted by molar-refractivity contribution is 7.91. The number of sulfone groups is 1. The molecule has 3 aromatic rings. The van der Waals surface area contributed by atoms with E-state index in [1.54, 1.807) is 17.0 Å². The molecule has 0 N–H and O–H groups in total. The van der Waals surface area contributed by atoms with Crippen molar-refractivity contribution in [2.45, 2.75) is 31.6 Å². The third-order valence-electron chi connectivity index (χ3n) is 5.52. The highest BCUT2D eigenvalue weighted by Crippen LogP contribution is 2.31. The van der Waals surface area contributed by atoms with Gasteiger partial charge in [0.25, 0.3) is 0 Å². The van der Waals surface area contributed by atoms with E-state index in [9.17, 15) is 13.2 Å². The van der Waals surface area contributed by atoms with Crippen molar-refractivity contribution in [2.24, 2.45) is 0 Å². The van der Waals surface area contributed by atoms with Crippen LogP contribution in [0.3, 0.4) is 0 Å². The highest BCUT2D eigenvalue weighted by Gasteiger charge is 2.22. The van der Waals surface area contributed by atoms with E-state index in [-0.39, 0.29) is 29.4 Å². The molecule has 0 fully saturated rings. The molecule has 0 spiro atoms. The van der Waals surface area contributed by atoms with Crippen molar-refractivity contribution in [3.05, 3.63) is 47.5 Å². The molecule has 1 heterocycles. The molecule has 0 aliphatic carbocycles. The molecule has 0 saturated heterocycles. The van der Waals surface area contributed by atoms with Crippen LogP contribution >= 0.6 is 11.3 Å². The summed E-state index contributed by atoms with van der Waals surface area (Å²) in [5.74, 6) is 0.390. The lowest BCUT2D eigenvalue weighted by Crippen LogP contribution is -2.36. The Morgan fingerprint density at radius 2 is 1.73 bits per heavy atom. The fourth-order valence-corrected chi connectivity index (χ4v) is 5.76. The van der Waals surface area contributed by atoms with Gasteiger partial charge in [-0.3, -0.25) is 9.69 Å². The maximum atomic E-state index is 13.1. The van der Waals surface area contributed by atoms with Crippen molar-refractivity contribution in [3.8, 4) is 5.75 Å². The van der Waals surface area contributed by atoms with Crippen LogP contribution in [0.25, 0.3) is 10.2 Å². The van der Waals surface area contributed by atoms with E-state index in [2.05, 4.69) is 13.0 Å². The molecule has 3 rings (SSSR count). The maximum Gasteiger partial charge on any atom is 0.228 e. The number of amides is 1. The van der Waals surface area contributed by atoms with Gasteiger partial charge in [0.05, 0.1) is 28.0 Å². The molecular formula is C24H31N3O4S2. The van der Waals surface area contributed by atoms with Gasteiger partial charge in [0.2, 0.25) is 5.91 Å². The smallest absolute Gasteiger partial charge is 0.228 e. The molecule has 33 heavy (non-hydrogen) atoms. The van der Waals surface area contributed by atoms with Crippen LogP contribution in [0.2, 0.25) is 0 Å². The Morgan fingerprint density at radius 3 is 2.36 bits per heavy atom. The molecule has 0 saturated carbocycles. The van der Waals surface area contributed by atoms with E-state index in [0.29, 0.717) is 24.0 Å². The first-order valence-electron chi connectivity index (χ1n) is 10.8. The van der Waals surface area contributed by atoms with Crippen molar-refractivity contribution in [3.63, 3.8) is 0 Å². The second kappa shape index (κ2) is 10.6. The summed E-state index contributed by atoms with van der Waals surface area (Å²) >= 11 is 1.49. The van der Waals surface area contributed by atoms with Gasteiger partial charge in [0, 0.05) is 19.5 Å². The molecule has 1 amide bonds. The first-order chi connectivity index (χ1) is 15.6. The van der Waals surface area contributed by atoms with Gasteiger partial charge in [-0.15, -0.1) is 0 Å². The third kappa shape index (κ3) is 6.31. The van der Waals surface area contributed by atoms with Crippen molar-refractivity contribution in [2.75, 3.05) is 44.9 Å². The van der Waals surface area contributed by atoms with Gasteiger partial charge in [-0.1, -0.05) is 11.3 Å². The maximum absolute atomic E-state index is 13.1. The molecule has 2 aromatic carbocycles. The quantitative estimate of drug-likeness (QED) is 0.427. The standard InChI is InChI=1S/C24H31N3O4S2/c1-17-15-21-22(16-18(17)2)32-24(25-21)27(13-12-26(3)4)23(28)7-6-14-33(29,30)20-10-8-19(31-5)9-11-20/h8-11,15-16H,6-7,12-14H2,1-5H3. The van der Waals surface area contributed by atoms with Crippen molar-refractivity contribution in [1.82, 2.24) is 9.88 Å². The van der Waals surface area contributed by atoms with Crippen molar-refractivity contribution >= 4 is 42.4 Å². The number of carbonyl (C=O) groups excluding carboxylic acids is 1. The monoisotopic (exact) mass is 489 g/mol. The molecule has 0 bridgehead atoms. The van der Waals surface area contributed by atoms with Crippen LogP contribution in [-0.4, -0.2) is 64.3 Å². The third-order valence-corrected chi connectivity index (χ3v) is 8.38. The van der Waals surface area contributed by atoms with Crippen LogP contribution < -0.4 is 9.64 Å². The van der Waals surface area contributed by atoms with E-state index in [1.807, 2.05) is 32.0 Å². The van der Waals surface area contributed by atoms with E-state index in [0.717, 1.165) is 15.8 Å². The number of hydrogen-bond acceptors (Lipinski definition) is 7. The number of aryl methyl sites for hydroxylation is 2. The molecule has 0 radical (unpaired) electrons. The number of nitrogens with zero attached hydrogens (tertiary/aromatic N) is 3. The van der Waals surface area contributed by atoms with Crippen molar-refractivity contribution in [1.29, 1.82) is 0 Å². The summed E-state index contributed by atoms with van der Waals surface area (Å²) in [6.45, 7) is 5.29. The Hall–Kier alpha value is -2.49. The lowest BCUT2D eigenvalue weighted by Gasteiger charge is -2.22. The number of hydrogen-bond donors (Lipinski definition) is 0. The lowest BCUT2D eigenvalue weighted by atomic mass is 10.1. The lowest BCUT2D eigenvalue weighted by molar-refractivity contribution is -0.118. The topological polar surface area (TPSA) is 79.8 Å². The van der Waals surface area contributed by atoms with Crippen LogP contribution in [-0.2, 0) is 14.6 Å². The summed E-state index contributed by atoms with van der Waals surface area (Å²) in [6.07, 6.45) is 0.381. The largest absolute Gasteiger partial charge is 0.497 e. The summed E-state index contributed by atoms with van der Waals surface area (Å²) < 4.78 is 31.5. The van der Waals surface area contributed by atoms with Gasteiger partial charge < -0.3 is 9.64 Å². The van der Waals surface area contributed by atoms with Crippen LogP contribution in [0, 0.1) is 13.8 Å². The molecule has 0 aliphatic rings. The average Bonchev–Trinajstić information content (AvgIpc) is 3.16. The van der Waals surface area contributed by atoms with Crippen LogP contribution in [0.5, 0.6) is 5.75 Å². The fourth-order valence-electron chi connectivity index (χ4n) is 3.36. The highest BCUT2D eigenvalue weighted by atomic mass is 32.2.